The number of allylic oxidation sites excluding steroid dienone is 3. The molecule has 0 aliphatic heterocycles. The summed E-state index contributed by atoms with van der Waals surface area (Å²) in [5, 5.41) is 30.5. The van der Waals surface area contributed by atoms with Gasteiger partial charge in [0, 0.05) is 18.2 Å². The number of esters is 3. The topological polar surface area (TPSA) is 148 Å². The predicted octanol–water partition coefficient (Wildman–Crippen LogP) is -0.562. The summed E-state index contributed by atoms with van der Waals surface area (Å²) in [5.74, 6) is -2.55. The summed E-state index contributed by atoms with van der Waals surface area (Å²) in [6.07, 6.45) is 2.76. The molecule has 0 amide bonds. The van der Waals surface area contributed by atoms with E-state index in [1.165, 1.54) is 20.8 Å². The van der Waals surface area contributed by atoms with Crippen molar-refractivity contribution in [1.82, 2.24) is 0 Å². The van der Waals surface area contributed by atoms with Gasteiger partial charge < -0.3 is 29.5 Å². The van der Waals surface area contributed by atoms with E-state index in [0.717, 1.165) is 18.2 Å². The van der Waals surface area contributed by atoms with Crippen LogP contribution in [0.25, 0.3) is 0 Å². The molecule has 0 saturated carbocycles. The van der Waals surface area contributed by atoms with E-state index in [4.69, 9.17) is 0 Å². The minimum absolute atomic E-state index is 0. The molecule has 0 fully saturated rings. The first-order valence-electron chi connectivity index (χ1n) is 8.06. The summed E-state index contributed by atoms with van der Waals surface area (Å²) in [6, 6.07) is 0. The van der Waals surface area contributed by atoms with Gasteiger partial charge in [-0.1, -0.05) is 20.8 Å². The van der Waals surface area contributed by atoms with Gasteiger partial charge >= 0.3 is 35.0 Å². The van der Waals surface area contributed by atoms with Crippen LogP contribution in [0.4, 0.5) is 0 Å². The number of hydrogen-bond acceptors (Lipinski definition) is 9. The fourth-order valence-corrected chi connectivity index (χ4v) is 1.05. The molecule has 161 valence electrons. The second kappa shape index (κ2) is 22.6. The zero-order chi connectivity index (χ0) is 21.8. The van der Waals surface area contributed by atoms with E-state index in [9.17, 15) is 29.7 Å². The third-order valence-electron chi connectivity index (χ3n) is 1.82. The van der Waals surface area contributed by atoms with Gasteiger partial charge in [-0.2, -0.15) is 0 Å². The van der Waals surface area contributed by atoms with E-state index in [-0.39, 0.29) is 34.3 Å². The number of rotatable bonds is 6. The molecule has 0 spiro atoms. The van der Waals surface area contributed by atoms with Crippen molar-refractivity contribution >= 4 is 17.9 Å². The molecule has 1 radical (unpaired) electrons. The van der Waals surface area contributed by atoms with E-state index in [1.54, 1.807) is 20.8 Å². The molecule has 0 rings (SSSR count). The van der Waals surface area contributed by atoms with Gasteiger partial charge in [-0.05, 0) is 20.8 Å². The molecule has 0 aliphatic rings. The molecule has 9 nitrogen and oxygen atoms in total. The summed E-state index contributed by atoms with van der Waals surface area (Å²) in [5.41, 5.74) is 0. The second-order valence-corrected chi connectivity index (χ2v) is 4.52. The monoisotopic (exact) mass is 443 g/mol. The Morgan fingerprint density at radius 3 is 0.893 bits per heavy atom. The van der Waals surface area contributed by atoms with E-state index in [0.29, 0.717) is 19.8 Å². The zero-order valence-electron chi connectivity index (χ0n) is 16.9. The summed E-state index contributed by atoms with van der Waals surface area (Å²) in [6.45, 7) is 9.89. The number of carbonyl (C=O) groups excluding carboxylic acids is 3. The molecule has 0 aromatic carbocycles. The maximum absolute atomic E-state index is 10.4. The summed E-state index contributed by atoms with van der Waals surface area (Å²) >= 11 is 0. The summed E-state index contributed by atoms with van der Waals surface area (Å²) in [7, 11) is 0. The number of hydrogen-bond donors (Lipinski definition) is 0. The Balaban J connectivity index is -0.000000152. The molecule has 0 bridgehead atoms. The van der Waals surface area contributed by atoms with Gasteiger partial charge in [-0.25, -0.2) is 14.4 Å². The van der Waals surface area contributed by atoms with Crippen molar-refractivity contribution in [2.45, 2.75) is 41.5 Å². The van der Waals surface area contributed by atoms with Crippen molar-refractivity contribution in [1.29, 1.82) is 0 Å². The van der Waals surface area contributed by atoms with E-state index in [2.05, 4.69) is 14.2 Å². The maximum atomic E-state index is 10.4. The Kier molecular flexibility index (Phi) is 26.8. The fraction of sp³-hybridized carbons (Fsp3) is 0.500. The minimum atomic E-state index is -0.565. The van der Waals surface area contributed by atoms with Crippen LogP contribution in [0.5, 0.6) is 0 Å². The van der Waals surface area contributed by atoms with Crippen LogP contribution in [0.2, 0.25) is 0 Å². The fourth-order valence-electron chi connectivity index (χ4n) is 1.05. The van der Waals surface area contributed by atoms with Gasteiger partial charge in [-0.3, -0.25) is 0 Å². The smallest absolute Gasteiger partial charge is 0.875 e. The van der Waals surface area contributed by atoms with Crippen molar-refractivity contribution < 1.29 is 61.0 Å². The second-order valence-electron chi connectivity index (χ2n) is 4.52. The molecule has 0 atom stereocenters. The van der Waals surface area contributed by atoms with Crippen LogP contribution in [0.15, 0.2) is 35.5 Å². The first-order valence-corrected chi connectivity index (χ1v) is 8.06. The Morgan fingerprint density at radius 2 is 0.786 bits per heavy atom. The molecular formula is C18H27FeO9. The molecular weight excluding hydrogens is 416 g/mol. The summed E-state index contributed by atoms with van der Waals surface area (Å²) in [4.78, 5) is 31.1. The molecule has 0 saturated heterocycles. The van der Waals surface area contributed by atoms with E-state index >= 15 is 0 Å². The van der Waals surface area contributed by atoms with Crippen molar-refractivity contribution in [3.05, 3.63) is 35.5 Å². The zero-order valence-corrected chi connectivity index (χ0v) is 18.0. The quantitative estimate of drug-likeness (QED) is 0.173. The Bertz CT molecular complexity index is 449. The first kappa shape index (κ1) is 33.2. The average Bonchev–Trinajstić information content (AvgIpc) is 2.46. The largest absolute Gasteiger partial charge is 3.00 e. The molecule has 0 unspecified atom stereocenters. The molecule has 0 aliphatic carbocycles. The van der Waals surface area contributed by atoms with Gasteiger partial charge in [0.15, 0.2) is 0 Å². The third-order valence-corrected chi connectivity index (χ3v) is 1.82. The van der Waals surface area contributed by atoms with Gasteiger partial charge in [0.2, 0.25) is 0 Å². The van der Waals surface area contributed by atoms with Crippen LogP contribution in [0.3, 0.4) is 0 Å². The molecule has 28 heavy (non-hydrogen) atoms. The molecule has 0 heterocycles. The van der Waals surface area contributed by atoms with E-state index in [1.807, 2.05) is 0 Å². The number of ether oxygens (including phenoxy) is 3. The third kappa shape index (κ3) is 34.8. The summed E-state index contributed by atoms with van der Waals surface area (Å²) < 4.78 is 13.3. The first-order chi connectivity index (χ1) is 12.5. The molecule has 0 aromatic heterocycles. The average molecular weight is 443 g/mol. The van der Waals surface area contributed by atoms with Gasteiger partial charge in [0.1, 0.15) is 0 Å². The molecule has 0 aromatic rings. The van der Waals surface area contributed by atoms with Crippen LogP contribution in [-0.2, 0) is 45.7 Å². The van der Waals surface area contributed by atoms with E-state index < -0.39 is 17.9 Å². The number of carbonyl (C=O) groups is 3. The predicted molar refractivity (Wildman–Crippen MR) is 91.2 cm³/mol. The van der Waals surface area contributed by atoms with Crippen molar-refractivity contribution in [2.24, 2.45) is 0 Å². The SMILES string of the molecule is CCOC(=O)/C=C(/C)[O-].CCOC(=O)/C=C(/C)[O-].CCOC(=O)/C=C(/C)[O-].[Fe+3]. The molecule has 0 N–H and O–H groups in total. The standard InChI is InChI=1S/3C6H10O3.Fe/c3*1-3-9-6(8)4-5(2)7;/h3*4,7H,3H2,1-2H3;/q;;;+3/p-3/b3*5-4-;. The minimum Gasteiger partial charge on any atom is -0.875 e. The normalized spacial score (nSPS) is 10.7. The van der Waals surface area contributed by atoms with Crippen molar-refractivity contribution in [3.63, 3.8) is 0 Å². The van der Waals surface area contributed by atoms with Crippen LogP contribution in [0, 0.1) is 0 Å². The van der Waals surface area contributed by atoms with Crippen LogP contribution < -0.4 is 15.3 Å². The Morgan fingerprint density at radius 1 is 0.607 bits per heavy atom. The van der Waals surface area contributed by atoms with Gasteiger partial charge in [0.05, 0.1) is 19.8 Å². The molecule has 10 heteroatoms. The van der Waals surface area contributed by atoms with Crippen molar-refractivity contribution in [3.8, 4) is 0 Å². The van der Waals surface area contributed by atoms with Gasteiger partial charge in [-0.15, -0.1) is 17.3 Å². The Hall–Kier alpha value is -2.45. The van der Waals surface area contributed by atoms with Crippen LogP contribution in [-0.4, -0.2) is 37.7 Å². The Labute approximate surface area is 176 Å². The van der Waals surface area contributed by atoms with Crippen molar-refractivity contribution in [2.75, 3.05) is 19.8 Å². The van der Waals surface area contributed by atoms with Crippen LogP contribution >= 0.6 is 0 Å². The van der Waals surface area contributed by atoms with Gasteiger partial charge in [0.25, 0.3) is 0 Å². The van der Waals surface area contributed by atoms with Crippen LogP contribution in [0.1, 0.15) is 41.5 Å². The maximum Gasteiger partial charge on any atom is 3.00 e.